The lowest BCUT2D eigenvalue weighted by Gasteiger charge is -2.39. The predicted octanol–water partition coefficient (Wildman–Crippen LogP) is -1.31. The first-order valence-corrected chi connectivity index (χ1v) is 5.55. The zero-order valence-electron chi connectivity index (χ0n) is 8.72. The van der Waals surface area contributed by atoms with Gasteiger partial charge in [0.2, 0.25) is 5.91 Å². The minimum absolute atomic E-state index is 0.106. The van der Waals surface area contributed by atoms with Gasteiger partial charge in [0.25, 0.3) is 0 Å². The largest absolute Gasteiger partial charge is 0.390 e. The van der Waals surface area contributed by atoms with Gasteiger partial charge in [-0.2, -0.15) is 0 Å². The van der Waals surface area contributed by atoms with Crippen molar-refractivity contribution < 1.29 is 15.0 Å². The van der Waals surface area contributed by atoms with E-state index in [4.69, 9.17) is 0 Å². The Balaban J connectivity index is 1.95. The summed E-state index contributed by atoms with van der Waals surface area (Å²) in [5.41, 5.74) is 0. The van der Waals surface area contributed by atoms with Gasteiger partial charge >= 0.3 is 0 Å². The van der Waals surface area contributed by atoms with Crippen LogP contribution in [0.3, 0.4) is 0 Å². The molecule has 0 bridgehead atoms. The lowest BCUT2D eigenvalue weighted by atomic mass is 9.89. The number of amides is 1. The van der Waals surface area contributed by atoms with Crippen LogP contribution < -0.4 is 5.32 Å². The van der Waals surface area contributed by atoms with Crippen LogP contribution >= 0.6 is 0 Å². The summed E-state index contributed by atoms with van der Waals surface area (Å²) in [6.07, 6.45) is 0.602. The first kappa shape index (κ1) is 10.9. The molecule has 0 radical (unpaired) electrons. The maximum atomic E-state index is 11.6. The van der Waals surface area contributed by atoms with E-state index in [1.54, 1.807) is 0 Å². The van der Waals surface area contributed by atoms with Crippen molar-refractivity contribution in [1.82, 2.24) is 10.2 Å². The summed E-state index contributed by atoms with van der Waals surface area (Å²) in [6, 6.07) is 0.109. The number of aliphatic hydroxyl groups is 2. The van der Waals surface area contributed by atoms with Crippen LogP contribution in [-0.4, -0.2) is 58.9 Å². The van der Waals surface area contributed by atoms with Crippen molar-refractivity contribution in [2.24, 2.45) is 0 Å². The fourth-order valence-corrected chi connectivity index (χ4v) is 2.40. The number of piperazine rings is 1. The molecule has 1 saturated heterocycles. The molecule has 1 amide bonds. The molecule has 0 aromatic heterocycles. The molecule has 5 heteroatoms. The van der Waals surface area contributed by atoms with Gasteiger partial charge in [-0.1, -0.05) is 0 Å². The Morgan fingerprint density at radius 1 is 1.27 bits per heavy atom. The fourth-order valence-electron chi connectivity index (χ4n) is 2.40. The van der Waals surface area contributed by atoms with Crippen LogP contribution in [0.15, 0.2) is 0 Å². The van der Waals surface area contributed by atoms with Crippen molar-refractivity contribution in [1.29, 1.82) is 0 Å². The van der Waals surface area contributed by atoms with Crippen LogP contribution in [0.5, 0.6) is 0 Å². The highest BCUT2D eigenvalue weighted by Gasteiger charge is 2.33. The van der Waals surface area contributed by atoms with Crippen molar-refractivity contribution >= 4 is 5.91 Å². The highest BCUT2D eigenvalue weighted by atomic mass is 16.3. The smallest absolute Gasteiger partial charge is 0.236 e. The van der Waals surface area contributed by atoms with Crippen LogP contribution in [-0.2, 0) is 4.79 Å². The molecule has 1 heterocycles. The van der Waals surface area contributed by atoms with Crippen molar-refractivity contribution in [2.45, 2.75) is 37.5 Å². The number of nitrogens with one attached hydrogen (secondary N) is 1. The zero-order chi connectivity index (χ0) is 10.8. The standard InChI is InChI=1S/C10H18N2O3/c13-8-2-1-7(5-9(8)14)12-4-3-11-6-10(12)15/h7-9,11,13-14H,1-6H2/t7-,8-,9+/m1/s1. The van der Waals surface area contributed by atoms with Crippen molar-refractivity contribution in [3.05, 3.63) is 0 Å². The summed E-state index contributed by atoms with van der Waals surface area (Å²) < 4.78 is 0. The van der Waals surface area contributed by atoms with E-state index in [9.17, 15) is 15.0 Å². The molecule has 2 rings (SSSR count). The number of carbonyl (C=O) groups is 1. The molecule has 0 spiro atoms. The van der Waals surface area contributed by atoms with Gasteiger partial charge in [0.15, 0.2) is 0 Å². The van der Waals surface area contributed by atoms with E-state index >= 15 is 0 Å². The molecule has 1 aliphatic carbocycles. The average Bonchev–Trinajstić information content (AvgIpc) is 2.23. The number of aliphatic hydroxyl groups excluding tert-OH is 2. The summed E-state index contributed by atoms with van der Waals surface area (Å²) in [4.78, 5) is 13.4. The van der Waals surface area contributed by atoms with Crippen LogP contribution in [0.4, 0.5) is 0 Å². The summed E-state index contributed by atoms with van der Waals surface area (Å²) in [5.74, 6) is 0.106. The monoisotopic (exact) mass is 214 g/mol. The summed E-state index contributed by atoms with van der Waals surface area (Å²) >= 11 is 0. The number of nitrogens with zero attached hydrogens (tertiary/aromatic N) is 1. The maximum Gasteiger partial charge on any atom is 0.236 e. The number of rotatable bonds is 1. The summed E-state index contributed by atoms with van der Waals surface area (Å²) in [7, 11) is 0. The van der Waals surface area contributed by atoms with E-state index in [1.165, 1.54) is 0 Å². The lowest BCUT2D eigenvalue weighted by Crippen LogP contribution is -2.55. The Kier molecular flexibility index (Phi) is 3.23. The highest BCUT2D eigenvalue weighted by molar-refractivity contribution is 5.79. The molecule has 0 aromatic rings. The second-order valence-corrected chi connectivity index (χ2v) is 4.37. The molecule has 86 valence electrons. The second-order valence-electron chi connectivity index (χ2n) is 4.37. The average molecular weight is 214 g/mol. The van der Waals surface area contributed by atoms with Crippen molar-refractivity contribution in [2.75, 3.05) is 19.6 Å². The van der Waals surface area contributed by atoms with E-state index in [2.05, 4.69) is 5.32 Å². The minimum atomic E-state index is -0.675. The summed E-state index contributed by atoms with van der Waals surface area (Å²) in [5, 5.41) is 22.0. The van der Waals surface area contributed by atoms with E-state index in [-0.39, 0.29) is 11.9 Å². The fraction of sp³-hybridized carbons (Fsp3) is 0.900. The topological polar surface area (TPSA) is 72.8 Å². The van der Waals surface area contributed by atoms with Gasteiger partial charge in [0.05, 0.1) is 18.8 Å². The van der Waals surface area contributed by atoms with Crippen LogP contribution in [0.2, 0.25) is 0 Å². The van der Waals surface area contributed by atoms with Gasteiger partial charge in [-0.25, -0.2) is 0 Å². The van der Waals surface area contributed by atoms with E-state index in [1.807, 2.05) is 4.90 Å². The van der Waals surface area contributed by atoms with E-state index in [0.29, 0.717) is 25.9 Å². The molecule has 0 unspecified atom stereocenters. The molecule has 15 heavy (non-hydrogen) atoms. The molecule has 0 aromatic carbocycles. The van der Waals surface area contributed by atoms with Gasteiger partial charge in [0.1, 0.15) is 0 Å². The molecular formula is C10H18N2O3. The van der Waals surface area contributed by atoms with Crippen LogP contribution in [0.1, 0.15) is 19.3 Å². The first-order valence-electron chi connectivity index (χ1n) is 5.55. The molecule has 3 N–H and O–H groups in total. The number of hydrogen-bond donors (Lipinski definition) is 3. The summed E-state index contributed by atoms with van der Waals surface area (Å²) in [6.45, 7) is 1.93. The van der Waals surface area contributed by atoms with Gasteiger partial charge in [-0.05, 0) is 19.3 Å². The van der Waals surface area contributed by atoms with Crippen LogP contribution in [0, 0.1) is 0 Å². The molecule has 2 fully saturated rings. The Labute approximate surface area is 89.1 Å². The maximum absolute atomic E-state index is 11.6. The molecule has 1 aliphatic heterocycles. The minimum Gasteiger partial charge on any atom is -0.390 e. The van der Waals surface area contributed by atoms with Gasteiger partial charge in [0, 0.05) is 19.1 Å². The zero-order valence-corrected chi connectivity index (χ0v) is 8.72. The van der Waals surface area contributed by atoms with E-state index < -0.39 is 12.2 Å². The first-order chi connectivity index (χ1) is 7.18. The lowest BCUT2D eigenvalue weighted by molar-refractivity contribution is -0.137. The predicted molar refractivity (Wildman–Crippen MR) is 54.2 cm³/mol. The number of hydrogen-bond acceptors (Lipinski definition) is 4. The van der Waals surface area contributed by atoms with E-state index in [0.717, 1.165) is 13.0 Å². The Hall–Kier alpha value is -0.650. The third-order valence-corrected chi connectivity index (χ3v) is 3.32. The quantitative estimate of drug-likeness (QED) is 0.507. The van der Waals surface area contributed by atoms with Gasteiger partial charge in [-0.15, -0.1) is 0 Å². The Morgan fingerprint density at radius 3 is 2.73 bits per heavy atom. The van der Waals surface area contributed by atoms with Gasteiger partial charge in [-0.3, -0.25) is 4.79 Å². The number of carbonyl (C=O) groups excluding carboxylic acids is 1. The van der Waals surface area contributed by atoms with Crippen LogP contribution in [0.25, 0.3) is 0 Å². The Bertz CT molecular complexity index is 247. The van der Waals surface area contributed by atoms with Gasteiger partial charge < -0.3 is 20.4 Å². The molecular weight excluding hydrogens is 196 g/mol. The molecule has 5 nitrogen and oxygen atoms in total. The molecule has 2 aliphatic rings. The molecule has 1 saturated carbocycles. The van der Waals surface area contributed by atoms with Crippen molar-refractivity contribution in [3.8, 4) is 0 Å². The third-order valence-electron chi connectivity index (χ3n) is 3.32. The van der Waals surface area contributed by atoms with Crippen molar-refractivity contribution in [3.63, 3.8) is 0 Å². The normalized spacial score (nSPS) is 38.1. The highest BCUT2D eigenvalue weighted by Crippen LogP contribution is 2.24. The molecule has 3 atom stereocenters. The Morgan fingerprint density at radius 2 is 2.07 bits per heavy atom. The SMILES string of the molecule is O=C1CNCCN1[C@@H]1CC[C@@H](O)[C@@H](O)C1. The second kappa shape index (κ2) is 4.47. The third kappa shape index (κ3) is 2.30.